The van der Waals surface area contributed by atoms with Gasteiger partial charge < -0.3 is 40.3 Å². The second kappa shape index (κ2) is 38.2. The maximum Gasteiger partial charge on any atom is 0.220 e. The summed E-state index contributed by atoms with van der Waals surface area (Å²) in [7, 11) is 0. The average Bonchev–Trinajstić information content (AvgIpc) is 3.20. The highest BCUT2D eigenvalue weighted by Crippen LogP contribution is 2.23. The fraction of sp³-hybridized carbons (Fsp3) is 0.936. The number of carbonyl (C=O) groups is 1. The van der Waals surface area contributed by atoms with Crippen molar-refractivity contribution < 1.29 is 39.8 Å². The van der Waals surface area contributed by atoms with E-state index >= 15 is 0 Å². The highest BCUT2D eigenvalue weighted by molar-refractivity contribution is 5.76. The van der Waals surface area contributed by atoms with E-state index < -0.39 is 49.5 Å². The largest absolute Gasteiger partial charge is 0.394 e. The van der Waals surface area contributed by atoms with Gasteiger partial charge in [0.15, 0.2) is 6.29 Å². The third-order valence-corrected chi connectivity index (χ3v) is 11.6. The first-order valence-corrected chi connectivity index (χ1v) is 23.9. The molecule has 332 valence electrons. The molecule has 0 bridgehead atoms. The van der Waals surface area contributed by atoms with Gasteiger partial charge in [-0.05, 0) is 38.5 Å². The maximum atomic E-state index is 13.0. The van der Waals surface area contributed by atoms with Crippen LogP contribution in [0.15, 0.2) is 12.2 Å². The van der Waals surface area contributed by atoms with Gasteiger partial charge in [-0.1, -0.05) is 193 Å². The molecular formula is C47H91NO8. The van der Waals surface area contributed by atoms with Crippen LogP contribution in [0.3, 0.4) is 0 Å². The zero-order valence-electron chi connectivity index (χ0n) is 36.4. The Bertz CT molecular complexity index is 888. The Hall–Kier alpha value is -1.07. The number of aliphatic hydroxyl groups is 5. The molecule has 0 radical (unpaired) electrons. The summed E-state index contributed by atoms with van der Waals surface area (Å²) in [6.07, 6.45) is 36.5. The molecule has 7 unspecified atom stereocenters. The van der Waals surface area contributed by atoms with Gasteiger partial charge in [-0.3, -0.25) is 4.79 Å². The van der Waals surface area contributed by atoms with Gasteiger partial charge in [0.05, 0.1) is 25.4 Å². The van der Waals surface area contributed by atoms with Gasteiger partial charge in [0.2, 0.25) is 5.91 Å². The lowest BCUT2D eigenvalue weighted by Gasteiger charge is -2.40. The number of unbranched alkanes of at least 4 members (excludes halogenated alkanes) is 28. The van der Waals surface area contributed by atoms with Crippen LogP contribution in [0.25, 0.3) is 0 Å². The second-order valence-electron chi connectivity index (χ2n) is 16.9. The first-order chi connectivity index (χ1) is 27.3. The van der Waals surface area contributed by atoms with E-state index in [1.807, 2.05) is 0 Å². The second-order valence-corrected chi connectivity index (χ2v) is 16.9. The minimum absolute atomic E-state index is 0.138. The Morgan fingerprint density at radius 2 is 1.00 bits per heavy atom. The molecule has 0 aromatic rings. The van der Waals surface area contributed by atoms with Crippen molar-refractivity contribution in [3.8, 4) is 0 Å². The van der Waals surface area contributed by atoms with Crippen molar-refractivity contribution in [3.05, 3.63) is 12.2 Å². The van der Waals surface area contributed by atoms with Gasteiger partial charge in [-0.15, -0.1) is 0 Å². The Kier molecular flexibility index (Phi) is 36.1. The van der Waals surface area contributed by atoms with Gasteiger partial charge >= 0.3 is 0 Å². The predicted octanol–water partition coefficient (Wildman–Crippen LogP) is 10.1. The van der Waals surface area contributed by atoms with Gasteiger partial charge in [0.1, 0.15) is 24.4 Å². The van der Waals surface area contributed by atoms with Crippen LogP contribution in [0.4, 0.5) is 0 Å². The number of hydrogen-bond donors (Lipinski definition) is 6. The highest BCUT2D eigenvalue weighted by atomic mass is 16.7. The zero-order valence-corrected chi connectivity index (χ0v) is 36.4. The van der Waals surface area contributed by atoms with Gasteiger partial charge in [0, 0.05) is 6.42 Å². The van der Waals surface area contributed by atoms with E-state index in [2.05, 4.69) is 31.3 Å². The Balaban J connectivity index is 2.29. The predicted molar refractivity (Wildman–Crippen MR) is 231 cm³/mol. The molecule has 1 aliphatic heterocycles. The molecule has 6 N–H and O–H groups in total. The molecule has 0 aromatic heterocycles. The van der Waals surface area contributed by atoms with Crippen LogP contribution in [0.1, 0.15) is 226 Å². The molecule has 0 spiro atoms. The number of nitrogens with one attached hydrogen (secondary N) is 1. The summed E-state index contributed by atoms with van der Waals surface area (Å²) in [6, 6.07) is -0.719. The molecule has 0 aliphatic carbocycles. The monoisotopic (exact) mass is 798 g/mol. The molecule has 56 heavy (non-hydrogen) atoms. The van der Waals surface area contributed by atoms with E-state index in [9.17, 15) is 30.3 Å². The van der Waals surface area contributed by atoms with E-state index in [1.54, 1.807) is 0 Å². The van der Waals surface area contributed by atoms with Crippen molar-refractivity contribution in [2.24, 2.45) is 0 Å². The standard InChI is InChI=1S/C47H91NO8/c1-3-5-7-9-11-13-15-17-18-19-20-21-22-23-25-26-28-30-32-34-36-41(50)40(39-55-47-46(54)45(53)44(52)42(38-49)56-47)48-43(51)37-35-33-31-29-27-24-16-14-12-10-8-6-4-2/h14,16,40-42,44-47,49-50,52-54H,3-13,15,17-39H2,1-2H3,(H,48,51)/b16-14-. The number of allylic oxidation sites excluding steroid dienone is 2. The summed E-state index contributed by atoms with van der Waals surface area (Å²) in [5.41, 5.74) is 0. The summed E-state index contributed by atoms with van der Waals surface area (Å²) >= 11 is 0. The number of rotatable bonds is 40. The number of carbonyl (C=O) groups excluding carboxylic acids is 1. The molecule has 9 nitrogen and oxygen atoms in total. The summed E-state index contributed by atoms with van der Waals surface area (Å²) < 4.78 is 11.3. The van der Waals surface area contributed by atoms with Crippen LogP contribution in [0.2, 0.25) is 0 Å². The molecule has 0 saturated carbocycles. The molecule has 7 atom stereocenters. The lowest BCUT2D eigenvalue weighted by Crippen LogP contribution is -2.60. The van der Waals surface area contributed by atoms with Crippen molar-refractivity contribution >= 4 is 5.91 Å². The van der Waals surface area contributed by atoms with Crippen LogP contribution in [0.5, 0.6) is 0 Å². The summed E-state index contributed by atoms with van der Waals surface area (Å²) in [5.74, 6) is -0.152. The van der Waals surface area contributed by atoms with Crippen molar-refractivity contribution in [2.75, 3.05) is 13.2 Å². The smallest absolute Gasteiger partial charge is 0.220 e. The highest BCUT2D eigenvalue weighted by Gasteiger charge is 2.44. The van der Waals surface area contributed by atoms with Crippen LogP contribution in [0, 0.1) is 0 Å². The summed E-state index contributed by atoms with van der Waals surface area (Å²) in [5, 5.41) is 54.4. The fourth-order valence-electron chi connectivity index (χ4n) is 7.74. The lowest BCUT2D eigenvalue weighted by atomic mass is 9.99. The minimum Gasteiger partial charge on any atom is -0.394 e. The number of amides is 1. The van der Waals surface area contributed by atoms with Crippen LogP contribution < -0.4 is 5.32 Å². The fourth-order valence-corrected chi connectivity index (χ4v) is 7.74. The van der Waals surface area contributed by atoms with E-state index in [0.717, 1.165) is 51.4 Å². The quantitative estimate of drug-likeness (QED) is 0.0265. The van der Waals surface area contributed by atoms with E-state index in [1.165, 1.54) is 148 Å². The Morgan fingerprint density at radius 3 is 1.46 bits per heavy atom. The van der Waals surface area contributed by atoms with Crippen LogP contribution in [-0.4, -0.2) is 87.5 Å². The molecule has 1 saturated heterocycles. The van der Waals surface area contributed by atoms with Crippen molar-refractivity contribution in [1.29, 1.82) is 0 Å². The third-order valence-electron chi connectivity index (χ3n) is 11.6. The molecule has 1 amide bonds. The van der Waals surface area contributed by atoms with E-state index in [4.69, 9.17) is 9.47 Å². The number of ether oxygens (including phenoxy) is 2. The third kappa shape index (κ3) is 28.4. The molecule has 1 fully saturated rings. The Labute approximate surface area is 344 Å². The molecule has 1 heterocycles. The van der Waals surface area contributed by atoms with E-state index in [-0.39, 0.29) is 12.5 Å². The number of aliphatic hydroxyl groups excluding tert-OH is 5. The van der Waals surface area contributed by atoms with Crippen molar-refractivity contribution in [3.63, 3.8) is 0 Å². The average molecular weight is 798 g/mol. The van der Waals surface area contributed by atoms with Crippen molar-refractivity contribution in [2.45, 2.75) is 269 Å². The molecular weight excluding hydrogens is 707 g/mol. The summed E-state index contributed by atoms with van der Waals surface area (Å²) in [6.45, 7) is 3.82. The molecule has 1 aliphatic rings. The SMILES string of the molecule is CCCCCC/C=C\CCCCCCCC(=O)NC(COC1OC(CO)C(O)C(O)C1O)C(O)CCCCCCCCCCCCCCCCCCCCCC. The van der Waals surface area contributed by atoms with Crippen LogP contribution >= 0.6 is 0 Å². The van der Waals surface area contributed by atoms with Gasteiger partial charge in [-0.2, -0.15) is 0 Å². The molecule has 1 rings (SSSR count). The van der Waals surface area contributed by atoms with E-state index in [0.29, 0.717) is 12.8 Å². The maximum absolute atomic E-state index is 13.0. The summed E-state index contributed by atoms with van der Waals surface area (Å²) in [4.78, 5) is 13.0. The molecule has 9 heteroatoms. The first-order valence-electron chi connectivity index (χ1n) is 23.9. The van der Waals surface area contributed by atoms with Gasteiger partial charge in [-0.25, -0.2) is 0 Å². The minimum atomic E-state index is -1.55. The zero-order chi connectivity index (χ0) is 40.9. The van der Waals surface area contributed by atoms with Gasteiger partial charge in [0.25, 0.3) is 0 Å². The number of hydrogen-bond acceptors (Lipinski definition) is 8. The Morgan fingerprint density at radius 1 is 0.589 bits per heavy atom. The van der Waals surface area contributed by atoms with Crippen molar-refractivity contribution in [1.82, 2.24) is 5.32 Å². The normalized spacial score (nSPS) is 21.2. The first kappa shape index (κ1) is 52.9. The molecule has 0 aromatic carbocycles. The topological polar surface area (TPSA) is 149 Å². The van der Waals surface area contributed by atoms with Crippen LogP contribution in [-0.2, 0) is 14.3 Å². The lowest BCUT2D eigenvalue weighted by molar-refractivity contribution is -0.302.